The van der Waals surface area contributed by atoms with E-state index in [0.29, 0.717) is 6.42 Å². The van der Waals surface area contributed by atoms with Crippen LogP contribution < -0.4 is 0 Å². The molecule has 1 amide bonds. The van der Waals surface area contributed by atoms with Crippen LogP contribution in [0.5, 0.6) is 0 Å². The summed E-state index contributed by atoms with van der Waals surface area (Å²) < 4.78 is 0. The first kappa shape index (κ1) is 20.5. The summed E-state index contributed by atoms with van der Waals surface area (Å²) in [5.74, 6) is 0.255. The van der Waals surface area contributed by atoms with Crippen LogP contribution in [0.25, 0.3) is 10.9 Å². The van der Waals surface area contributed by atoms with Crippen molar-refractivity contribution in [2.45, 2.75) is 18.9 Å². The molecule has 162 valence electrons. The van der Waals surface area contributed by atoms with E-state index in [1.807, 2.05) is 17.2 Å². The van der Waals surface area contributed by atoms with Gasteiger partial charge in [-0.1, -0.05) is 78.9 Å². The highest BCUT2D eigenvalue weighted by Crippen LogP contribution is 2.29. The molecule has 1 aliphatic rings. The van der Waals surface area contributed by atoms with E-state index in [-0.39, 0.29) is 11.9 Å². The number of aryl methyl sites for hydroxylation is 1. The standard InChI is InChI=1S/C28H29N3O/c32-27(16-15-24-21-29-26-14-8-7-13-25(24)26)30-17-19-31(20-18-30)28(22-9-3-1-4-10-22)23-11-5-2-6-12-23/h1-14,21,28-29H,15-20H2. The number of piperazine rings is 1. The molecule has 1 fully saturated rings. The quantitative estimate of drug-likeness (QED) is 0.472. The molecule has 0 saturated carbocycles. The Morgan fingerprint density at radius 1 is 0.781 bits per heavy atom. The Kier molecular flexibility index (Phi) is 6.04. The van der Waals surface area contributed by atoms with Gasteiger partial charge in [0.1, 0.15) is 0 Å². The van der Waals surface area contributed by atoms with Gasteiger partial charge in [-0.25, -0.2) is 0 Å². The van der Waals surface area contributed by atoms with Crippen LogP contribution in [0.2, 0.25) is 0 Å². The maximum atomic E-state index is 12.9. The second kappa shape index (κ2) is 9.41. The number of hydrogen-bond donors (Lipinski definition) is 1. The lowest BCUT2D eigenvalue weighted by molar-refractivity contribution is -0.133. The number of aromatic nitrogens is 1. The van der Waals surface area contributed by atoms with Gasteiger partial charge in [-0.3, -0.25) is 9.69 Å². The molecule has 0 atom stereocenters. The number of carbonyl (C=O) groups excluding carboxylic acids is 1. The van der Waals surface area contributed by atoms with E-state index < -0.39 is 0 Å². The second-order valence-electron chi connectivity index (χ2n) is 8.50. The molecule has 1 aromatic heterocycles. The molecule has 4 nitrogen and oxygen atoms in total. The van der Waals surface area contributed by atoms with Crippen molar-refractivity contribution >= 4 is 16.8 Å². The summed E-state index contributed by atoms with van der Waals surface area (Å²) in [4.78, 5) is 20.8. The monoisotopic (exact) mass is 423 g/mol. The topological polar surface area (TPSA) is 39.3 Å². The van der Waals surface area contributed by atoms with Gasteiger partial charge in [0.15, 0.2) is 0 Å². The van der Waals surface area contributed by atoms with Gasteiger partial charge >= 0.3 is 0 Å². The van der Waals surface area contributed by atoms with E-state index in [1.54, 1.807) is 0 Å². The molecule has 1 saturated heterocycles. The van der Waals surface area contributed by atoms with Gasteiger partial charge in [0, 0.05) is 49.7 Å². The fraction of sp³-hybridized carbons (Fsp3) is 0.250. The van der Waals surface area contributed by atoms with Crippen molar-refractivity contribution in [1.29, 1.82) is 0 Å². The SMILES string of the molecule is O=C(CCc1c[nH]c2ccccc12)N1CCN(C(c2ccccc2)c2ccccc2)CC1. The molecule has 0 radical (unpaired) electrons. The fourth-order valence-corrected chi connectivity index (χ4v) is 4.85. The molecule has 0 bridgehead atoms. The summed E-state index contributed by atoms with van der Waals surface area (Å²) in [5, 5.41) is 1.22. The van der Waals surface area contributed by atoms with Crippen molar-refractivity contribution in [2.75, 3.05) is 26.2 Å². The molecule has 32 heavy (non-hydrogen) atoms. The van der Waals surface area contributed by atoms with Crippen molar-refractivity contribution in [3.63, 3.8) is 0 Å². The number of para-hydroxylation sites is 1. The Morgan fingerprint density at radius 3 is 2.03 bits per heavy atom. The van der Waals surface area contributed by atoms with Gasteiger partial charge in [-0.15, -0.1) is 0 Å². The summed E-state index contributed by atoms with van der Waals surface area (Å²) in [6.45, 7) is 3.33. The molecule has 2 heterocycles. The third-order valence-corrected chi connectivity index (χ3v) is 6.55. The normalized spacial score (nSPS) is 14.8. The zero-order valence-corrected chi connectivity index (χ0v) is 18.3. The van der Waals surface area contributed by atoms with E-state index >= 15 is 0 Å². The highest BCUT2D eigenvalue weighted by molar-refractivity contribution is 5.84. The van der Waals surface area contributed by atoms with E-state index in [4.69, 9.17) is 0 Å². The first-order valence-electron chi connectivity index (χ1n) is 11.5. The Bertz CT molecular complexity index is 1120. The first-order chi connectivity index (χ1) is 15.8. The number of hydrogen-bond acceptors (Lipinski definition) is 2. The molecule has 5 rings (SSSR count). The lowest BCUT2D eigenvalue weighted by Crippen LogP contribution is -2.49. The van der Waals surface area contributed by atoms with Gasteiger partial charge in [0.25, 0.3) is 0 Å². The molecule has 3 aromatic carbocycles. The zero-order valence-electron chi connectivity index (χ0n) is 18.3. The van der Waals surface area contributed by atoms with E-state index in [9.17, 15) is 4.79 Å². The zero-order chi connectivity index (χ0) is 21.8. The second-order valence-corrected chi connectivity index (χ2v) is 8.50. The lowest BCUT2D eigenvalue weighted by atomic mass is 9.96. The van der Waals surface area contributed by atoms with Gasteiger partial charge in [-0.05, 0) is 29.2 Å². The van der Waals surface area contributed by atoms with E-state index in [0.717, 1.165) is 38.1 Å². The van der Waals surface area contributed by atoms with Crippen molar-refractivity contribution in [3.05, 3.63) is 108 Å². The van der Waals surface area contributed by atoms with Crippen molar-refractivity contribution < 1.29 is 4.79 Å². The van der Waals surface area contributed by atoms with Crippen molar-refractivity contribution in [1.82, 2.24) is 14.8 Å². The number of nitrogens with zero attached hydrogens (tertiary/aromatic N) is 2. The number of benzene rings is 3. The predicted molar refractivity (Wildman–Crippen MR) is 129 cm³/mol. The van der Waals surface area contributed by atoms with Crippen LogP contribution in [-0.2, 0) is 11.2 Å². The summed E-state index contributed by atoms with van der Waals surface area (Å²) in [5.41, 5.74) is 4.97. The van der Waals surface area contributed by atoms with Crippen LogP contribution in [0.15, 0.2) is 91.1 Å². The molecule has 4 aromatic rings. The van der Waals surface area contributed by atoms with Gasteiger partial charge in [0.05, 0.1) is 6.04 Å². The number of H-pyrrole nitrogens is 1. The van der Waals surface area contributed by atoms with Crippen molar-refractivity contribution in [2.24, 2.45) is 0 Å². The molecule has 4 heteroatoms. The Hall–Kier alpha value is -3.37. The number of amides is 1. The average molecular weight is 424 g/mol. The number of rotatable bonds is 6. The third kappa shape index (κ3) is 4.32. The molecule has 1 aliphatic heterocycles. The number of fused-ring (bicyclic) bond motifs is 1. The number of aromatic amines is 1. The Balaban J connectivity index is 1.23. The predicted octanol–water partition coefficient (Wildman–Crippen LogP) is 5.03. The van der Waals surface area contributed by atoms with E-state index in [1.165, 1.54) is 22.1 Å². The molecular formula is C28H29N3O. The maximum absolute atomic E-state index is 12.9. The summed E-state index contributed by atoms with van der Waals surface area (Å²) >= 11 is 0. The first-order valence-corrected chi connectivity index (χ1v) is 11.5. The van der Waals surface area contributed by atoms with Crippen molar-refractivity contribution in [3.8, 4) is 0 Å². The Morgan fingerprint density at radius 2 is 1.38 bits per heavy atom. The maximum Gasteiger partial charge on any atom is 0.222 e. The van der Waals surface area contributed by atoms with Crippen LogP contribution in [0.3, 0.4) is 0 Å². The van der Waals surface area contributed by atoms with Gasteiger partial charge in [0.2, 0.25) is 5.91 Å². The largest absolute Gasteiger partial charge is 0.361 e. The summed E-state index contributed by atoms with van der Waals surface area (Å²) in [7, 11) is 0. The van der Waals surface area contributed by atoms with Gasteiger partial charge < -0.3 is 9.88 Å². The fourth-order valence-electron chi connectivity index (χ4n) is 4.85. The minimum atomic E-state index is 0.223. The molecular weight excluding hydrogens is 394 g/mol. The average Bonchev–Trinajstić information content (AvgIpc) is 3.28. The summed E-state index contributed by atoms with van der Waals surface area (Å²) in [6.07, 6.45) is 3.38. The highest BCUT2D eigenvalue weighted by Gasteiger charge is 2.28. The van der Waals surface area contributed by atoms with Gasteiger partial charge in [-0.2, -0.15) is 0 Å². The number of carbonyl (C=O) groups is 1. The van der Waals surface area contributed by atoms with Crippen LogP contribution in [-0.4, -0.2) is 46.9 Å². The smallest absolute Gasteiger partial charge is 0.222 e. The van der Waals surface area contributed by atoms with E-state index in [2.05, 4.69) is 88.7 Å². The highest BCUT2D eigenvalue weighted by atomic mass is 16.2. The minimum absolute atomic E-state index is 0.223. The third-order valence-electron chi connectivity index (χ3n) is 6.55. The lowest BCUT2D eigenvalue weighted by Gasteiger charge is -2.40. The van der Waals surface area contributed by atoms with Crippen LogP contribution in [0.1, 0.15) is 29.2 Å². The molecule has 0 unspecified atom stereocenters. The number of nitrogens with one attached hydrogen (secondary N) is 1. The Labute approximate surface area is 189 Å². The van der Waals surface area contributed by atoms with Crippen LogP contribution >= 0.6 is 0 Å². The minimum Gasteiger partial charge on any atom is -0.361 e. The van der Waals surface area contributed by atoms with Crippen LogP contribution in [0, 0.1) is 0 Å². The summed E-state index contributed by atoms with van der Waals surface area (Å²) in [6, 6.07) is 29.9. The molecule has 0 spiro atoms. The molecule has 0 aliphatic carbocycles. The molecule has 1 N–H and O–H groups in total. The van der Waals surface area contributed by atoms with Crippen LogP contribution in [0.4, 0.5) is 0 Å².